The first-order valence-corrected chi connectivity index (χ1v) is 9.52. The fourth-order valence-electron chi connectivity index (χ4n) is 2.83. The topological polar surface area (TPSA) is 58.1 Å². The Kier molecular flexibility index (Phi) is 6.61. The van der Waals surface area contributed by atoms with E-state index in [-0.39, 0.29) is 5.91 Å². The molecule has 0 aliphatic heterocycles. The van der Waals surface area contributed by atoms with Gasteiger partial charge in [0.05, 0.1) is 0 Å². The predicted octanol–water partition coefficient (Wildman–Crippen LogP) is 4.05. The number of benzene rings is 2. The molecule has 0 atom stereocenters. The Balaban J connectivity index is 1.63. The van der Waals surface area contributed by atoms with E-state index in [2.05, 4.69) is 27.4 Å². The normalized spacial score (nSPS) is 10.5. The molecule has 0 radical (unpaired) electrons. The molecule has 3 aromatic rings. The van der Waals surface area contributed by atoms with Crippen LogP contribution in [0.25, 0.3) is 0 Å². The average Bonchev–Trinajstić information content (AvgIpc) is 2.69. The summed E-state index contributed by atoms with van der Waals surface area (Å²) in [5, 5.41) is 3.63. The van der Waals surface area contributed by atoms with Crippen LogP contribution in [0.3, 0.4) is 0 Å². The van der Waals surface area contributed by atoms with Crippen molar-refractivity contribution in [3.63, 3.8) is 0 Å². The smallest absolute Gasteiger partial charge is 0.270 e. The highest BCUT2D eigenvalue weighted by molar-refractivity contribution is 6.30. The van der Waals surface area contributed by atoms with E-state index in [1.54, 1.807) is 6.07 Å². The van der Waals surface area contributed by atoms with Crippen LogP contribution in [0.15, 0.2) is 60.7 Å². The first kappa shape index (κ1) is 19.8. The molecule has 0 aliphatic carbocycles. The lowest BCUT2D eigenvalue weighted by atomic mass is 10.1. The molecule has 144 valence electrons. The van der Waals surface area contributed by atoms with Crippen LogP contribution in [0.2, 0.25) is 5.02 Å². The molecule has 5 nitrogen and oxygen atoms in total. The van der Waals surface area contributed by atoms with Crippen LogP contribution in [0.4, 0.5) is 5.95 Å². The van der Waals surface area contributed by atoms with Crippen molar-refractivity contribution < 1.29 is 4.79 Å². The van der Waals surface area contributed by atoms with E-state index in [9.17, 15) is 4.79 Å². The van der Waals surface area contributed by atoms with Crippen molar-refractivity contribution in [2.75, 3.05) is 18.5 Å². The molecule has 0 saturated carbocycles. The van der Waals surface area contributed by atoms with Gasteiger partial charge in [0.25, 0.3) is 5.91 Å². The average molecular weight is 395 g/mol. The summed E-state index contributed by atoms with van der Waals surface area (Å²) >= 11 is 5.89. The van der Waals surface area contributed by atoms with Gasteiger partial charge < -0.3 is 10.2 Å². The summed E-state index contributed by atoms with van der Waals surface area (Å²) in [6.07, 6.45) is 0.730. The number of hydrogen-bond donors (Lipinski definition) is 1. The molecule has 2 aromatic carbocycles. The van der Waals surface area contributed by atoms with E-state index >= 15 is 0 Å². The minimum Gasteiger partial charge on any atom is -0.350 e. The van der Waals surface area contributed by atoms with Crippen molar-refractivity contribution in [2.24, 2.45) is 0 Å². The largest absolute Gasteiger partial charge is 0.350 e. The van der Waals surface area contributed by atoms with Crippen LogP contribution in [-0.2, 0) is 13.0 Å². The Hall–Kier alpha value is -2.92. The summed E-state index contributed by atoms with van der Waals surface area (Å²) in [5.41, 5.74) is 3.40. The van der Waals surface area contributed by atoms with Crippen molar-refractivity contribution in [2.45, 2.75) is 19.9 Å². The monoisotopic (exact) mass is 394 g/mol. The summed E-state index contributed by atoms with van der Waals surface area (Å²) in [6, 6.07) is 19.4. The number of aromatic nitrogens is 2. The zero-order chi connectivity index (χ0) is 19.9. The van der Waals surface area contributed by atoms with Crippen molar-refractivity contribution in [1.29, 1.82) is 0 Å². The van der Waals surface area contributed by atoms with Crippen molar-refractivity contribution in [3.8, 4) is 0 Å². The molecular weight excluding hydrogens is 372 g/mol. The van der Waals surface area contributed by atoms with Crippen LogP contribution >= 0.6 is 11.6 Å². The number of anilines is 1. The van der Waals surface area contributed by atoms with Crippen LogP contribution in [0.5, 0.6) is 0 Å². The van der Waals surface area contributed by atoms with Crippen LogP contribution in [-0.4, -0.2) is 29.5 Å². The van der Waals surface area contributed by atoms with E-state index < -0.39 is 0 Å². The minimum atomic E-state index is -0.200. The fourth-order valence-corrected chi connectivity index (χ4v) is 2.96. The van der Waals surface area contributed by atoms with Crippen molar-refractivity contribution in [1.82, 2.24) is 15.3 Å². The number of amides is 1. The third kappa shape index (κ3) is 5.54. The molecule has 0 aliphatic rings. The number of aryl methyl sites for hydroxylation is 1. The molecule has 0 fully saturated rings. The maximum absolute atomic E-state index is 12.5. The zero-order valence-electron chi connectivity index (χ0n) is 16.0. The molecule has 0 spiro atoms. The molecule has 0 saturated heterocycles. The van der Waals surface area contributed by atoms with Gasteiger partial charge in [-0.05, 0) is 42.7 Å². The molecule has 0 unspecified atom stereocenters. The van der Waals surface area contributed by atoms with Crippen LogP contribution in [0, 0.1) is 6.92 Å². The van der Waals surface area contributed by atoms with Gasteiger partial charge in [-0.1, -0.05) is 54.1 Å². The van der Waals surface area contributed by atoms with Crippen molar-refractivity contribution >= 4 is 23.5 Å². The third-order valence-electron chi connectivity index (χ3n) is 4.29. The van der Waals surface area contributed by atoms with E-state index in [1.807, 2.05) is 61.3 Å². The molecule has 1 aromatic heterocycles. The Morgan fingerprint density at radius 1 is 1.04 bits per heavy atom. The number of rotatable bonds is 7. The number of halogens is 1. The lowest BCUT2D eigenvalue weighted by Crippen LogP contribution is -2.28. The predicted molar refractivity (Wildman–Crippen MR) is 113 cm³/mol. The van der Waals surface area contributed by atoms with Gasteiger partial charge in [0.2, 0.25) is 5.95 Å². The van der Waals surface area contributed by atoms with Gasteiger partial charge in [0.15, 0.2) is 0 Å². The molecule has 1 heterocycles. The second-order valence-electron chi connectivity index (χ2n) is 6.67. The van der Waals surface area contributed by atoms with Gasteiger partial charge in [-0.25, -0.2) is 9.97 Å². The number of carbonyl (C=O) groups excluding carboxylic acids is 1. The number of carbonyl (C=O) groups is 1. The first-order chi connectivity index (χ1) is 13.5. The van der Waals surface area contributed by atoms with E-state index in [0.717, 1.165) is 23.2 Å². The van der Waals surface area contributed by atoms with Gasteiger partial charge in [-0.3, -0.25) is 4.79 Å². The van der Waals surface area contributed by atoms with Crippen molar-refractivity contribution in [3.05, 3.63) is 88.2 Å². The van der Waals surface area contributed by atoms with Gasteiger partial charge in [0, 0.05) is 30.9 Å². The number of nitrogens with one attached hydrogen (secondary N) is 1. The maximum atomic E-state index is 12.5. The quantitative estimate of drug-likeness (QED) is 0.656. The Labute approximate surface area is 170 Å². The Morgan fingerprint density at radius 2 is 1.75 bits per heavy atom. The minimum absolute atomic E-state index is 0.200. The van der Waals surface area contributed by atoms with Gasteiger partial charge >= 0.3 is 0 Å². The lowest BCUT2D eigenvalue weighted by Gasteiger charge is -2.18. The highest BCUT2D eigenvalue weighted by atomic mass is 35.5. The second-order valence-corrected chi connectivity index (χ2v) is 7.11. The molecular formula is C22H23ClN4O. The third-order valence-corrected chi connectivity index (χ3v) is 4.54. The molecule has 1 amide bonds. The molecule has 6 heteroatoms. The number of hydrogen-bond acceptors (Lipinski definition) is 4. The lowest BCUT2D eigenvalue weighted by molar-refractivity contribution is 0.0949. The van der Waals surface area contributed by atoms with Crippen LogP contribution in [0.1, 0.15) is 27.3 Å². The molecule has 3 rings (SSSR count). The standard InChI is InChI=1S/C22H23ClN4O/c1-16-14-20(21(28)24-13-12-17-8-10-19(23)11-9-17)26-22(25-16)27(2)15-18-6-4-3-5-7-18/h3-11,14H,12-13,15H2,1-2H3,(H,24,28). The number of nitrogens with zero attached hydrogens (tertiary/aromatic N) is 3. The summed E-state index contributed by atoms with van der Waals surface area (Å²) in [7, 11) is 1.92. The van der Waals surface area contributed by atoms with Crippen LogP contribution < -0.4 is 10.2 Å². The van der Waals surface area contributed by atoms with E-state index in [4.69, 9.17) is 11.6 Å². The fraction of sp³-hybridized carbons (Fsp3) is 0.227. The Bertz CT molecular complexity index is 929. The summed E-state index contributed by atoms with van der Waals surface area (Å²) in [4.78, 5) is 23.4. The zero-order valence-corrected chi connectivity index (χ0v) is 16.8. The molecule has 28 heavy (non-hydrogen) atoms. The maximum Gasteiger partial charge on any atom is 0.270 e. The van der Waals surface area contributed by atoms with E-state index in [1.165, 1.54) is 0 Å². The van der Waals surface area contributed by atoms with Gasteiger partial charge in [-0.2, -0.15) is 0 Å². The van der Waals surface area contributed by atoms with Gasteiger partial charge in [-0.15, -0.1) is 0 Å². The summed E-state index contributed by atoms with van der Waals surface area (Å²) in [6.45, 7) is 3.06. The summed E-state index contributed by atoms with van der Waals surface area (Å²) in [5.74, 6) is 0.334. The van der Waals surface area contributed by atoms with E-state index in [0.29, 0.717) is 29.8 Å². The highest BCUT2D eigenvalue weighted by Gasteiger charge is 2.13. The summed E-state index contributed by atoms with van der Waals surface area (Å²) < 4.78 is 0. The molecule has 1 N–H and O–H groups in total. The first-order valence-electron chi connectivity index (χ1n) is 9.14. The Morgan fingerprint density at radius 3 is 2.46 bits per heavy atom. The SMILES string of the molecule is Cc1cc(C(=O)NCCc2ccc(Cl)cc2)nc(N(C)Cc2ccccc2)n1. The highest BCUT2D eigenvalue weighted by Crippen LogP contribution is 2.13. The second kappa shape index (κ2) is 9.33. The van der Waals surface area contributed by atoms with Gasteiger partial charge in [0.1, 0.15) is 5.69 Å². The molecule has 0 bridgehead atoms.